The van der Waals surface area contributed by atoms with Crippen molar-refractivity contribution in [3.63, 3.8) is 0 Å². The molecule has 5 rings (SSSR count). The first-order valence-corrected chi connectivity index (χ1v) is 12.5. The monoisotopic (exact) mass is 472 g/mol. The minimum Gasteiger partial charge on any atom is -0.497 e. The zero-order valence-electron chi connectivity index (χ0n) is 19.2. The highest BCUT2D eigenvalue weighted by molar-refractivity contribution is 7.20. The third kappa shape index (κ3) is 5.07. The van der Waals surface area contributed by atoms with E-state index in [1.165, 1.54) is 11.1 Å². The fourth-order valence-electron chi connectivity index (χ4n) is 4.53. The highest BCUT2D eigenvalue weighted by Crippen LogP contribution is 2.33. The Bertz CT molecular complexity index is 1200. The van der Waals surface area contributed by atoms with Gasteiger partial charge in [-0.05, 0) is 23.3 Å². The Hall–Kier alpha value is -3.38. The predicted octanol–water partition coefficient (Wildman–Crippen LogP) is 5.90. The molecule has 0 bridgehead atoms. The number of benzene rings is 3. The van der Waals surface area contributed by atoms with Crippen molar-refractivity contribution in [2.75, 3.05) is 20.2 Å². The van der Waals surface area contributed by atoms with Gasteiger partial charge >= 0.3 is 0 Å². The molecule has 0 saturated carbocycles. The van der Waals surface area contributed by atoms with E-state index in [9.17, 15) is 4.79 Å². The Kier molecular flexibility index (Phi) is 6.77. The molecule has 5 nitrogen and oxygen atoms in total. The molecule has 4 aromatic rings. The molecule has 0 atom stereocenters. The summed E-state index contributed by atoms with van der Waals surface area (Å²) in [5.74, 6) is 1.05. The van der Waals surface area contributed by atoms with Gasteiger partial charge in [0.1, 0.15) is 11.9 Å². The highest BCUT2D eigenvalue weighted by atomic mass is 32.1. The van der Waals surface area contributed by atoms with Crippen LogP contribution in [-0.4, -0.2) is 42.1 Å². The number of piperidine rings is 1. The van der Waals surface area contributed by atoms with Gasteiger partial charge in [-0.3, -0.25) is 4.79 Å². The maximum absolute atomic E-state index is 13.3. The summed E-state index contributed by atoms with van der Waals surface area (Å²) in [6, 6.07) is 26.5. The number of aromatic nitrogens is 1. The van der Waals surface area contributed by atoms with Crippen molar-refractivity contribution in [2.24, 2.45) is 0 Å². The lowest BCUT2D eigenvalue weighted by atomic mass is 9.88. The van der Waals surface area contributed by atoms with E-state index in [1.807, 2.05) is 59.5 Å². The molecule has 1 aromatic heterocycles. The van der Waals surface area contributed by atoms with E-state index in [4.69, 9.17) is 9.47 Å². The summed E-state index contributed by atoms with van der Waals surface area (Å²) in [5, 5.41) is 0.682. The summed E-state index contributed by atoms with van der Waals surface area (Å²) < 4.78 is 12.6. The molecular weight excluding hydrogens is 444 g/mol. The van der Waals surface area contributed by atoms with Gasteiger partial charge in [0.2, 0.25) is 5.91 Å². The zero-order valence-corrected chi connectivity index (χ0v) is 20.0. The first-order valence-electron chi connectivity index (χ1n) is 11.7. The Balaban J connectivity index is 1.20. The van der Waals surface area contributed by atoms with Crippen LogP contribution in [-0.2, 0) is 4.79 Å². The molecular formula is C28H28N2O3S. The predicted molar refractivity (Wildman–Crippen MR) is 136 cm³/mol. The minimum atomic E-state index is 0.0589. The fraction of sp³-hybridized carbons (Fsp3) is 0.286. The first-order chi connectivity index (χ1) is 16.7. The second-order valence-corrected chi connectivity index (χ2v) is 9.58. The Morgan fingerprint density at radius 1 is 1.00 bits per heavy atom. The molecule has 0 N–H and O–H groups in total. The van der Waals surface area contributed by atoms with Gasteiger partial charge in [0.15, 0.2) is 0 Å². The van der Waals surface area contributed by atoms with Crippen LogP contribution in [0.15, 0.2) is 78.9 Å². The SMILES string of the molecule is COc1ccc2sc(OC3CCN(C(=O)CC(c4ccccc4)c4ccccc4)CC3)nc2c1. The number of nitrogens with zero attached hydrogens (tertiary/aromatic N) is 2. The van der Waals surface area contributed by atoms with E-state index in [1.54, 1.807) is 18.4 Å². The molecule has 0 spiro atoms. The molecule has 34 heavy (non-hydrogen) atoms. The Labute approximate surface area is 204 Å². The molecule has 1 aliphatic heterocycles. The highest BCUT2D eigenvalue weighted by Gasteiger charge is 2.27. The smallest absolute Gasteiger partial charge is 0.274 e. The number of likely N-dealkylation sites (tertiary alicyclic amines) is 1. The standard InChI is InChI=1S/C28H28N2O3S/c1-32-23-12-13-26-25(18-23)29-28(34-26)33-22-14-16-30(17-15-22)27(31)19-24(20-8-4-2-5-9-20)21-10-6-3-7-11-21/h2-13,18,22,24H,14-17,19H2,1H3. The number of methoxy groups -OCH3 is 1. The minimum absolute atomic E-state index is 0.0589. The maximum Gasteiger partial charge on any atom is 0.274 e. The Morgan fingerprint density at radius 2 is 1.65 bits per heavy atom. The van der Waals surface area contributed by atoms with Gasteiger partial charge in [0.05, 0.1) is 17.3 Å². The van der Waals surface area contributed by atoms with Gasteiger partial charge in [-0.15, -0.1) is 0 Å². The number of rotatable bonds is 7. The van der Waals surface area contributed by atoms with Crippen LogP contribution in [0.5, 0.6) is 10.9 Å². The number of hydrogen-bond donors (Lipinski definition) is 0. The van der Waals surface area contributed by atoms with E-state index in [0.717, 1.165) is 28.8 Å². The largest absolute Gasteiger partial charge is 0.497 e. The van der Waals surface area contributed by atoms with Gasteiger partial charge in [-0.25, -0.2) is 4.98 Å². The zero-order chi connectivity index (χ0) is 23.3. The fourth-order valence-corrected chi connectivity index (χ4v) is 5.39. The van der Waals surface area contributed by atoms with E-state index in [-0.39, 0.29) is 17.9 Å². The van der Waals surface area contributed by atoms with Crippen LogP contribution < -0.4 is 9.47 Å². The number of thiazole rings is 1. The number of hydrogen-bond acceptors (Lipinski definition) is 5. The molecule has 1 aliphatic rings. The molecule has 6 heteroatoms. The number of carbonyl (C=O) groups excluding carboxylic acids is 1. The summed E-state index contributed by atoms with van der Waals surface area (Å²) in [6.07, 6.45) is 2.17. The lowest BCUT2D eigenvalue weighted by Crippen LogP contribution is -2.42. The van der Waals surface area contributed by atoms with Crippen molar-refractivity contribution >= 4 is 27.5 Å². The van der Waals surface area contributed by atoms with Crippen LogP contribution in [0.25, 0.3) is 10.2 Å². The van der Waals surface area contributed by atoms with Crippen LogP contribution in [0.1, 0.15) is 36.3 Å². The number of ether oxygens (including phenoxy) is 2. The van der Waals surface area contributed by atoms with Crippen molar-refractivity contribution in [1.29, 1.82) is 0 Å². The average Bonchev–Trinajstić information content (AvgIpc) is 3.30. The van der Waals surface area contributed by atoms with Gasteiger partial charge in [0, 0.05) is 44.3 Å². The number of fused-ring (bicyclic) bond motifs is 1. The van der Waals surface area contributed by atoms with Crippen molar-refractivity contribution < 1.29 is 14.3 Å². The summed E-state index contributed by atoms with van der Waals surface area (Å²) in [7, 11) is 1.65. The number of amides is 1. The lowest BCUT2D eigenvalue weighted by Gasteiger charge is -2.32. The second kappa shape index (κ2) is 10.3. The van der Waals surface area contributed by atoms with Gasteiger partial charge in [0.25, 0.3) is 5.19 Å². The molecule has 174 valence electrons. The summed E-state index contributed by atoms with van der Waals surface area (Å²) in [5.41, 5.74) is 3.24. The quantitative estimate of drug-likeness (QED) is 0.336. The van der Waals surface area contributed by atoms with Gasteiger partial charge in [-0.1, -0.05) is 72.0 Å². The van der Waals surface area contributed by atoms with Crippen LogP contribution >= 0.6 is 11.3 Å². The van der Waals surface area contributed by atoms with E-state index >= 15 is 0 Å². The lowest BCUT2D eigenvalue weighted by molar-refractivity contribution is -0.133. The third-order valence-corrected chi connectivity index (χ3v) is 7.35. The molecule has 3 aromatic carbocycles. The van der Waals surface area contributed by atoms with Crippen molar-refractivity contribution in [2.45, 2.75) is 31.3 Å². The average molecular weight is 473 g/mol. The first kappa shape index (κ1) is 22.4. The normalized spacial score (nSPS) is 14.5. The summed E-state index contributed by atoms with van der Waals surface area (Å²) in [6.45, 7) is 1.41. The molecule has 0 radical (unpaired) electrons. The van der Waals surface area contributed by atoms with Gasteiger partial charge < -0.3 is 14.4 Å². The summed E-state index contributed by atoms with van der Waals surface area (Å²) >= 11 is 1.55. The molecule has 0 aliphatic carbocycles. The van der Waals surface area contributed by atoms with Crippen LogP contribution in [0.2, 0.25) is 0 Å². The Morgan fingerprint density at radius 3 is 2.26 bits per heavy atom. The van der Waals surface area contributed by atoms with E-state index in [0.29, 0.717) is 24.7 Å². The third-order valence-electron chi connectivity index (χ3n) is 6.42. The van der Waals surface area contributed by atoms with Crippen molar-refractivity contribution in [1.82, 2.24) is 9.88 Å². The van der Waals surface area contributed by atoms with Crippen molar-refractivity contribution in [3.8, 4) is 10.9 Å². The molecule has 1 saturated heterocycles. The second-order valence-electron chi connectivity index (χ2n) is 8.59. The van der Waals surface area contributed by atoms with E-state index in [2.05, 4.69) is 29.2 Å². The maximum atomic E-state index is 13.3. The van der Waals surface area contributed by atoms with Gasteiger partial charge in [-0.2, -0.15) is 0 Å². The topological polar surface area (TPSA) is 51.7 Å². The molecule has 1 fully saturated rings. The van der Waals surface area contributed by atoms with Crippen LogP contribution in [0.3, 0.4) is 0 Å². The van der Waals surface area contributed by atoms with Crippen LogP contribution in [0, 0.1) is 0 Å². The van der Waals surface area contributed by atoms with Crippen molar-refractivity contribution in [3.05, 3.63) is 90.0 Å². The van der Waals surface area contributed by atoms with Crippen LogP contribution in [0.4, 0.5) is 0 Å². The number of carbonyl (C=O) groups is 1. The molecule has 0 unspecified atom stereocenters. The summed E-state index contributed by atoms with van der Waals surface area (Å²) in [4.78, 5) is 19.9. The molecule has 2 heterocycles. The van der Waals surface area contributed by atoms with E-state index < -0.39 is 0 Å². The molecule has 1 amide bonds.